The van der Waals surface area contributed by atoms with Gasteiger partial charge in [-0.3, -0.25) is 4.57 Å². The summed E-state index contributed by atoms with van der Waals surface area (Å²) in [5.41, 5.74) is 9.47. The molecule has 0 saturated heterocycles. The van der Waals surface area contributed by atoms with Crippen LogP contribution in [0.25, 0.3) is 5.69 Å². The second-order valence-electron chi connectivity index (χ2n) is 4.42. The summed E-state index contributed by atoms with van der Waals surface area (Å²) in [6.07, 6.45) is 0. The van der Waals surface area contributed by atoms with Crippen molar-refractivity contribution in [3.8, 4) is 23.6 Å². The maximum Gasteiger partial charge on any atom is 0.144 e. The Bertz CT molecular complexity index is 760. The zero-order valence-electron chi connectivity index (χ0n) is 11.6. The Morgan fingerprint density at radius 1 is 1.20 bits per heavy atom. The molecule has 0 saturated carbocycles. The van der Waals surface area contributed by atoms with Gasteiger partial charge in [-0.25, -0.2) is 0 Å². The third kappa shape index (κ3) is 1.86. The average molecular weight is 266 g/mol. The first kappa shape index (κ1) is 13.5. The van der Waals surface area contributed by atoms with Gasteiger partial charge in [0, 0.05) is 11.8 Å². The van der Waals surface area contributed by atoms with Crippen LogP contribution >= 0.6 is 0 Å². The molecule has 1 heterocycles. The maximum atomic E-state index is 9.17. The Morgan fingerprint density at radius 3 is 2.40 bits per heavy atom. The third-order valence-corrected chi connectivity index (χ3v) is 3.41. The number of rotatable bonds is 2. The first-order valence-electron chi connectivity index (χ1n) is 6.01. The summed E-state index contributed by atoms with van der Waals surface area (Å²) in [7, 11) is 1.53. The lowest BCUT2D eigenvalue weighted by molar-refractivity contribution is 0.412. The lowest BCUT2D eigenvalue weighted by Crippen LogP contribution is -2.04. The van der Waals surface area contributed by atoms with Crippen molar-refractivity contribution in [3.63, 3.8) is 0 Å². The minimum absolute atomic E-state index is 0.380. The van der Waals surface area contributed by atoms with Crippen LogP contribution in [0.4, 0.5) is 5.82 Å². The minimum Gasteiger partial charge on any atom is -0.495 e. The molecule has 1 aromatic heterocycles. The molecular weight excluding hydrogens is 252 g/mol. The summed E-state index contributed by atoms with van der Waals surface area (Å²) >= 11 is 0. The van der Waals surface area contributed by atoms with E-state index in [1.54, 1.807) is 22.8 Å². The Morgan fingerprint density at radius 2 is 1.90 bits per heavy atom. The van der Waals surface area contributed by atoms with E-state index in [1.807, 2.05) is 13.8 Å². The van der Waals surface area contributed by atoms with Crippen LogP contribution in [0.3, 0.4) is 0 Å². The van der Waals surface area contributed by atoms with E-state index in [-0.39, 0.29) is 0 Å². The fourth-order valence-corrected chi connectivity index (χ4v) is 2.22. The summed E-state index contributed by atoms with van der Waals surface area (Å²) in [4.78, 5) is 0. The number of methoxy groups -OCH3 is 1. The molecule has 0 radical (unpaired) electrons. The monoisotopic (exact) mass is 266 g/mol. The van der Waals surface area contributed by atoms with Crippen molar-refractivity contribution in [1.82, 2.24) is 4.57 Å². The minimum atomic E-state index is 0.380. The Labute approximate surface area is 117 Å². The smallest absolute Gasteiger partial charge is 0.144 e. The van der Waals surface area contributed by atoms with Crippen LogP contribution in [0.1, 0.15) is 22.4 Å². The van der Waals surface area contributed by atoms with Crippen LogP contribution in [0, 0.1) is 36.5 Å². The molecule has 0 bridgehead atoms. The van der Waals surface area contributed by atoms with E-state index in [4.69, 9.17) is 15.7 Å². The van der Waals surface area contributed by atoms with Gasteiger partial charge in [0.25, 0.3) is 0 Å². The van der Waals surface area contributed by atoms with Crippen molar-refractivity contribution < 1.29 is 4.74 Å². The van der Waals surface area contributed by atoms with Crippen molar-refractivity contribution in [1.29, 1.82) is 10.5 Å². The van der Waals surface area contributed by atoms with E-state index in [1.165, 1.54) is 7.11 Å². The predicted octanol–water partition coefficient (Wildman–Crippen LogP) is 2.43. The molecule has 0 atom stereocenters. The van der Waals surface area contributed by atoms with Crippen LogP contribution in [-0.2, 0) is 0 Å². The molecule has 5 nitrogen and oxygen atoms in total. The molecule has 0 aliphatic carbocycles. The number of ether oxygens (including phenoxy) is 1. The highest BCUT2D eigenvalue weighted by Crippen LogP contribution is 2.32. The lowest BCUT2D eigenvalue weighted by Gasteiger charge is -2.13. The highest BCUT2D eigenvalue weighted by atomic mass is 16.5. The number of nitriles is 2. The first-order valence-corrected chi connectivity index (χ1v) is 6.01. The maximum absolute atomic E-state index is 9.17. The topological polar surface area (TPSA) is 87.8 Å². The standard InChI is InChI=1S/C15H14N4O/c1-9-10(2)19(15(18)12(9)8-17)13-5-4-11(7-16)6-14(13)20-3/h4-6H,18H2,1-3H3. The summed E-state index contributed by atoms with van der Waals surface area (Å²) < 4.78 is 7.10. The second-order valence-corrected chi connectivity index (χ2v) is 4.42. The molecule has 0 fully saturated rings. The van der Waals surface area contributed by atoms with Crippen molar-refractivity contribution in [2.75, 3.05) is 12.8 Å². The lowest BCUT2D eigenvalue weighted by atomic mass is 10.2. The average Bonchev–Trinajstić information content (AvgIpc) is 2.68. The Kier molecular flexibility index (Phi) is 3.37. The largest absolute Gasteiger partial charge is 0.495 e. The molecule has 2 aromatic rings. The molecular formula is C15H14N4O. The van der Waals surface area contributed by atoms with E-state index in [9.17, 15) is 5.26 Å². The van der Waals surface area contributed by atoms with Gasteiger partial charge in [-0.15, -0.1) is 0 Å². The zero-order valence-corrected chi connectivity index (χ0v) is 11.6. The molecule has 0 aliphatic rings. The highest BCUT2D eigenvalue weighted by Gasteiger charge is 2.18. The molecule has 5 heteroatoms. The number of nitrogens with two attached hydrogens (primary N) is 1. The van der Waals surface area contributed by atoms with Crippen LogP contribution in [-0.4, -0.2) is 11.7 Å². The quantitative estimate of drug-likeness (QED) is 0.904. The van der Waals surface area contributed by atoms with E-state index >= 15 is 0 Å². The van der Waals surface area contributed by atoms with Crippen LogP contribution in [0.15, 0.2) is 18.2 Å². The van der Waals surface area contributed by atoms with Gasteiger partial charge in [0.1, 0.15) is 17.6 Å². The number of aromatic nitrogens is 1. The van der Waals surface area contributed by atoms with Gasteiger partial charge in [0.05, 0.1) is 30.0 Å². The van der Waals surface area contributed by atoms with Gasteiger partial charge in [0.15, 0.2) is 0 Å². The summed E-state index contributed by atoms with van der Waals surface area (Å²) in [6, 6.07) is 9.29. The van der Waals surface area contributed by atoms with Crippen molar-refractivity contribution in [2.24, 2.45) is 0 Å². The number of anilines is 1. The van der Waals surface area contributed by atoms with Gasteiger partial charge in [-0.2, -0.15) is 10.5 Å². The second kappa shape index (κ2) is 4.99. The molecule has 0 spiro atoms. The Balaban J connectivity index is 2.77. The third-order valence-electron chi connectivity index (χ3n) is 3.41. The number of hydrogen-bond donors (Lipinski definition) is 1. The van der Waals surface area contributed by atoms with E-state index in [2.05, 4.69) is 12.1 Å². The van der Waals surface area contributed by atoms with E-state index in [0.717, 1.165) is 11.3 Å². The number of nitrogens with zero attached hydrogens (tertiary/aromatic N) is 3. The molecule has 0 unspecified atom stereocenters. The van der Waals surface area contributed by atoms with Crippen LogP contribution in [0.5, 0.6) is 5.75 Å². The molecule has 20 heavy (non-hydrogen) atoms. The predicted molar refractivity (Wildman–Crippen MR) is 75.6 cm³/mol. The molecule has 100 valence electrons. The van der Waals surface area contributed by atoms with Gasteiger partial charge < -0.3 is 10.5 Å². The summed E-state index contributed by atoms with van der Waals surface area (Å²) in [5.74, 6) is 0.920. The number of hydrogen-bond acceptors (Lipinski definition) is 4. The van der Waals surface area contributed by atoms with Gasteiger partial charge in [-0.1, -0.05) is 0 Å². The zero-order chi connectivity index (χ0) is 14.9. The van der Waals surface area contributed by atoms with Gasteiger partial charge in [0.2, 0.25) is 0 Å². The summed E-state index contributed by atoms with van der Waals surface area (Å²) in [6.45, 7) is 3.75. The SMILES string of the molecule is COc1cc(C#N)ccc1-n1c(C)c(C)c(C#N)c1N. The molecule has 2 rings (SSSR count). The fraction of sp³-hybridized carbons (Fsp3) is 0.200. The van der Waals surface area contributed by atoms with E-state index in [0.29, 0.717) is 28.4 Å². The van der Waals surface area contributed by atoms with Crippen molar-refractivity contribution in [3.05, 3.63) is 40.6 Å². The van der Waals surface area contributed by atoms with Crippen LogP contribution in [0.2, 0.25) is 0 Å². The number of nitrogen functional groups attached to an aromatic ring is 1. The highest BCUT2D eigenvalue weighted by molar-refractivity contribution is 5.65. The van der Waals surface area contributed by atoms with E-state index < -0.39 is 0 Å². The first-order chi connectivity index (χ1) is 9.54. The van der Waals surface area contributed by atoms with Gasteiger partial charge >= 0.3 is 0 Å². The molecule has 2 N–H and O–H groups in total. The Hall–Kier alpha value is -2.92. The number of benzene rings is 1. The summed E-state index contributed by atoms with van der Waals surface area (Å²) in [5, 5.41) is 18.1. The molecule has 0 amide bonds. The van der Waals surface area contributed by atoms with Gasteiger partial charge in [-0.05, 0) is 31.5 Å². The van der Waals surface area contributed by atoms with Crippen molar-refractivity contribution >= 4 is 5.82 Å². The normalized spacial score (nSPS) is 9.85. The van der Waals surface area contributed by atoms with Crippen molar-refractivity contribution in [2.45, 2.75) is 13.8 Å². The molecule has 0 aliphatic heterocycles. The fourth-order valence-electron chi connectivity index (χ4n) is 2.22. The molecule has 1 aromatic carbocycles. The van der Waals surface area contributed by atoms with Crippen LogP contribution < -0.4 is 10.5 Å².